The Labute approximate surface area is 291 Å². The first-order valence-electron chi connectivity index (χ1n) is 16.0. The zero-order valence-corrected chi connectivity index (χ0v) is 29.1. The van der Waals surface area contributed by atoms with E-state index in [0.29, 0.717) is 48.2 Å². The van der Waals surface area contributed by atoms with E-state index in [-0.39, 0.29) is 53.5 Å². The molecule has 0 spiro atoms. The Hall–Kier alpha value is -3.99. The summed E-state index contributed by atoms with van der Waals surface area (Å²) >= 11 is 12.8. The van der Waals surface area contributed by atoms with Crippen LogP contribution in [0.2, 0.25) is 10.0 Å². The maximum atomic E-state index is 13.8. The standard InChI is InChI=1S/C36H41Cl2N3O7/c1-5-47-35(44)48-32-30(45-3)18-25(19-31(32)46-4)33(42)41-15-13-24(20-41)22(2)40-16-14-36(34(39)43,26-9-7-6-8-10-26)27(21-40)23-11-12-28(37)29(38)17-23/h6-12,17-19,22,24,27H,5,13-16,20-21H2,1-4H3,(H2,39,43). The van der Waals surface area contributed by atoms with E-state index in [4.69, 9.17) is 47.9 Å². The monoisotopic (exact) mass is 697 g/mol. The number of rotatable bonds is 10. The van der Waals surface area contributed by atoms with Gasteiger partial charge in [-0.1, -0.05) is 59.6 Å². The minimum absolute atomic E-state index is 0.0343. The van der Waals surface area contributed by atoms with E-state index in [1.165, 1.54) is 26.4 Å². The third-order valence-electron chi connectivity index (χ3n) is 9.81. The van der Waals surface area contributed by atoms with E-state index in [2.05, 4.69) is 11.8 Å². The van der Waals surface area contributed by atoms with Crippen LogP contribution in [-0.4, -0.2) is 80.8 Å². The van der Waals surface area contributed by atoms with Gasteiger partial charge >= 0.3 is 6.16 Å². The number of likely N-dealkylation sites (tertiary alicyclic amines) is 2. The summed E-state index contributed by atoms with van der Waals surface area (Å²) < 4.78 is 21.1. The number of amides is 2. The normalized spacial score (nSPS) is 21.8. The van der Waals surface area contributed by atoms with Crippen molar-refractivity contribution in [1.82, 2.24) is 9.80 Å². The first-order valence-corrected chi connectivity index (χ1v) is 16.7. The van der Waals surface area contributed by atoms with Gasteiger partial charge in [0.1, 0.15) is 0 Å². The molecule has 2 saturated heterocycles. The fourth-order valence-corrected chi connectivity index (χ4v) is 7.47. The van der Waals surface area contributed by atoms with Gasteiger partial charge in [0, 0.05) is 37.2 Å². The van der Waals surface area contributed by atoms with E-state index in [0.717, 1.165) is 17.5 Å². The van der Waals surface area contributed by atoms with Crippen molar-refractivity contribution in [3.8, 4) is 17.2 Å². The third-order valence-corrected chi connectivity index (χ3v) is 10.5. The maximum absolute atomic E-state index is 13.8. The van der Waals surface area contributed by atoms with Crippen LogP contribution in [0.25, 0.3) is 0 Å². The first-order chi connectivity index (χ1) is 23.0. The fourth-order valence-electron chi connectivity index (χ4n) is 7.16. The highest BCUT2D eigenvalue weighted by molar-refractivity contribution is 6.42. The number of carbonyl (C=O) groups excluding carboxylic acids is 3. The number of methoxy groups -OCH3 is 2. The quantitative estimate of drug-likeness (QED) is 0.193. The number of ether oxygens (including phenoxy) is 4. The molecule has 5 rings (SSSR count). The second-order valence-corrected chi connectivity index (χ2v) is 13.0. The number of nitrogens with zero attached hydrogens (tertiary/aromatic N) is 2. The van der Waals surface area contributed by atoms with Crippen molar-refractivity contribution in [3.63, 3.8) is 0 Å². The summed E-state index contributed by atoms with van der Waals surface area (Å²) in [6.07, 6.45) is 0.427. The molecule has 2 heterocycles. The summed E-state index contributed by atoms with van der Waals surface area (Å²) in [5.41, 5.74) is 7.44. The van der Waals surface area contributed by atoms with Crippen LogP contribution in [0.5, 0.6) is 17.2 Å². The van der Waals surface area contributed by atoms with Crippen molar-refractivity contribution < 1.29 is 33.3 Å². The van der Waals surface area contributed by atoms with E-state index in [9.17, 15) is 14.4 Å². The minimum Gasteiger partial charge on any atom is -0.493 e. The first kappa shape index (κ1) is 35.3. The molecule has 2 N–H and O–H groups in total. The van der Waals surface area contributed by atoms with Crippen LogP contribution in [0.3, 0.4) is 0 Å². The number of piperidine rings is 1. The predicted molar refractivity (Wildman–Crippen MR) is 183 cm³/mol. The number of halogens is 2. The van der Waals surface area contributed by atoms with Crippen molar-refractivity contribution in [2.45, 2.75) is 44.1 Å². The molecular weight excluding hydrogens is 657 g/mol. The van der Waals surface area contributed by atoms with Crippen LogP contribution in [-0.2, 0) is 14.9 Å². The second-order valence-electron chi connectivity index (χ2n) is 12.2. The van der Waals surface area contributed by atoms with Gasteiger partial charge < -0.3 is 29.6 Å². The average Bonchev–Trinajstić information content (AvgIpc) is 3.59. The van der Waals surface area contributed by atoms with Gasteiger partial charge in [-0.2, -0.15) is 0 Å². The Bertz CT molecular complexity index is 1630. The highest BCUT2D eigenvalue weighted by atomic mass is 35.5. The van der Waals surface area contributed by atoms with Gasteiger partial charge in [-0.15, -0.1) is 0 Å². The molecule has 2 amide bonds. The number of primary amides is 1. The molecule has 0 bridgehead atoms. The zero-order chi connectivity index (χ0) is 34.6. The molecule has 3 aromatic carbocycles. The zero-order valence-electron chi connectivity index (χ0n) is 27.5. The minimum atomic E-state index is -0.937. The van der Waals surface area contributed by atoms with Gasteiger partial charge in [-0.3, -0.25) is 14.5 Å². The molecule has 4 atom stereocenters. The summed E-state index contributed by atoms with van der Waals surface area (Å²) in [4.78, 5) is 43.4. The van der Waals surface area contributed by atoms with E-state index >= 15 is 0 Å². The van der Waals surface area contributed by atoms with Crippen molar-refractivity contribution >= 4 is 41.2 Å². The summed E-state index contributed by atoms with van der Waals surface area (Å²) in [6.45, 7) is 6.31. The van der Waals surface area contributed by atoms with Crippen molar-refractivity contribution in [2.24, 2.45) is 11.7 Å². The smallest absolute Gasteiger partial charge is 0.493 e. The molecular formula is C36H41Cl2N3O7. The maximum Gasteiger partial charge on any atom is 0.514 e. The molecule has 4 unspecified atom stereocenters. The lowest BCUT2D eigenvalue weighted by atomic mass is 9.62. The van der Waals surface area contributed by atoms with Crippen LogP contribution in [0.15, 0.2) is 60.7 Å². The Morgan fingerprint density at radius 3 is 2.25 bits per heavy atom. The van der Waals surface area contributed by atoms with E-state index in [1.54, 1.807) is 13.0 Å². The highest BCUT2D eigenvalue weighted by Gasteiger charge is 2.51. The SMILES string of the molecule is CCOC(=O)Oc1c(OC)cc(C(=O)N2CCC(C(C)N3CCC(C(N)=O)(c4ccccc4)C(c4ccc(Cl)c(Cl)c4)C3)C2)cc1OC. The number of nitrogens with two attached hydrogens (primary N) is 1. The summed E-state index contributed by atoms with van der Waals surface area (Å²) in [6, 6.07) is 18.4. The molecule has 3 aromatic rings. The number of hydrogen-bond acceptors (Lipinski definition) is 8. The lowest BCUT2D eigenvalue weighted by Gasteiger charge is -2.49. The Morgan fingerprint density at radius 1 is 0.958 bits per heavy atom. The molecule has 0 saturated carbocycles. The van der Waals surface area contributed by atoms with Crippen LogP contribution >= 0.6 is 23.2 Å². The van der Waals surface area contributed by atoms with Crippen LogP contribution in [0, 0.1) is 5.92 Å². The molecule has 2 aliphatic heterocycles. The molecule has 0 radical (unpaired) electrons. The lowest BCUT2D eigenvalue weighted by Crippen LogP contribution is -2.57. The van der Waals surface area contributed by atoms with E-state index in [1.807, 2.05) is 47.4 Å². The molecule has 10 nitrogen and oxygen atoms in total. The van der Waals surface area contributed by atoms with Gasteiger partial charge in [0.15, 0.2) is 11.5 Å². The van der Waals surface area contributed by atoms with Crippen molar-refractivity contribution in [1.29, 1.82) is 0 Å². The van der Waals surface area contributed by atoms with Crippen LogP contribution in [0.4, 0.5) is 4.79 Å². The fraction of sp³-hybridized carbons (Fsp3) is 0.417. The Kier molecular flexibility index (Phi) is 11.1. The third kappa shape index (κ3) is 6.92. The van der Waals surface area contributed by atoms with Crippen molar-refractivity contribution in [2.75, 3.05) is 47.0 Å². The summed E-state index contributed by atoms with van der Waals surface area (Å²) in [7, 11) is 2.84. The summed E-state index contributed by atoms with van der Waals surface area (Å²) in [5.74, 6) is -0.283. The van der Waals surface area contributed by atoms with Crippen molar-refractivity contribution in [3.05, 3.63) is 87.4 Å². The molecule has 48 heavy (non-hydrogen) atoms. The van der Waals surface area contributed by atoms with E-state index < -0.39 is 11.6 Å². The largest absolute Gasteiger partial charge is 0.514 e. The van der Waals surface area contributed by atoms with Crippen LogP contribution in [0.1, 0.15) is 54.1 Å². The Morgan fingerprint density at radius 2 is 1.65 bits per heavy atom. The number of hydrogen-bond donors (Lipinski definition) is 1. The average molecular weight is 699 g/mol. The molecule has 256 valence electrons. The predicted octanol–water partition coefficient (Wildman–Crippen LogP) is 6.31. The van der Waals surface area contributed by atoms with Gasteiger partial charge in [0.25, 0.3) is 5.91 Å². The lowest BCUT2D eigenvalue weighted by molar-refractivity contribution is -0.126. The molecule has 2 fully saturated rings. The molecule has 0 aliphatic carbocycles. The molecule has 12 heteroatoms. The Balaban J connectivity index is 1.37. The van der Waals surface area contributed by atoms with Gasteiger partial charge in [-0.25, -0.2) is 4.79 Å². The second kappa shape index (κ2) is 15.1. The van der Waals surface area contributed by atoms with Gasteiger partial charge in [0.2, 0.25) is 11.7 Å². The van der Waals surface area contributed by atoms with Crippen LogP contribution < -0.4 is 19.9 Å². The number of benzene rings is 3. The van der Waals surface area contributed by atoms with Gasteiger partial charge in [0.05, 0.1) is 36.3 Å². The molecule has 0 aromatic heterocycles. The number of carbonyl (C=O) groups is 3. The topological polar surface area (TPSA) is 121 Å². The highest BCUT2D eigenvalue weighted by Crippen LogP contribution is 2.47. The summed E-state index contributed by atoms with van der Waals surface area (Å²) in [5, 5.41) is 0.863. The molecule has 2 aliphatic rings. The van der Waals surface area contributed by atoms with Gasteiger partial charge in [-0.05, 0) is 74.5 Å².